The zero-order valence-electron chi connectivity index (χ0n) is 16.0. The SMILES string of the molecule is CC(C)[C@@H](NC(=O)c1cccs1)C(=O)NCc1ccccc1Cn1cccn1. The molecule has 0 bridgehead atoms. The van der Waals surface area contributed by atoms with Gasteiger partial charge in [0.15, 0.2) is 0 Å². The Kier molecular flexibility index (Phi) is 6.60. The van der Waals surface area contributed by atoms with E-state index in [2.05, 4.69) is 15.7 Å². The maximum atomic E-state index is 12.8. The van der Waals surface area contributed by atoms with Crippen molar-refractivity contribution in [2.75, 3.05) is 0 Å². The lowest BCUT2D eigenvalue weighted by Crippen LogP contribution is -2.49. The van der Waals surface area contributed by atoms with Crippen molar-refractivity contribution in [2.24, 2.45) is 5.92 Å². The van der Waals surface area contributed by atoms with E-state index in [0.717, 1.165) is 11.1 Å². The number of amides is 2. The van der Waals surface area contributed by atoms with Crippen LogP contribution in [-0.2, 0) is 17.9 Å². The minimum atomic E-state index is -0.590. The predicted octanol–water partition coefficient (Wildman–Crippen LogP) is 3.06. The van der Waals surface area contributed by atoms with Crippen LogP contribution in [0.1, 0.15) is 34.6 Å². The molecule has 0 aliphatic rings. The van der Waals surface area contributed by atoms with E-state index >= 15 is 0 Å². The van der Waals surface area contributed by atoms with Crippen molar-refractivity contribution in [1.82, 2.24) is 20.4 Å². The van der Waals surface area contributed by atoms with Gasteiger partial charge in [-0.3, -0.25) is 14.3 Å². The predicted molar refractivity (Wildman–Crippen MR) is 110 cm³/mol. The molecular formula is C21H24N4O2S. The average Bonchev–Trinajstić information content (AvgIpc) is 3.38. The highest BCUT2D eigenvalue weighted by atomic mass is 32.1. The molecule has 7 heteroatoms. The van der Waals surface area contributed by atoms with E-state index in [-0.39, 0.29) is 17.7 Å². The largest absolute Gasteiger partial charge is 0.350 e. The van der Waals surface area contributed by atoms with Crippen LogP contribution < -0.4 is 10.6 Å². The van der Waals surface area contributed by atoms with Crippen molar-refractivity contribution in [3.8, 4) is 0 Å². The second-order valence-corrected chi connectivity index (χ2v) is 7.81. The summed E-state index contributed by atoms with van der Waals surface area (Å²) in [6, 6.07) is 12.8. The fourth-order valence-corrected chi connectivity index (χ4v) is 3.53. The molecule has 1 atom stereocenters. The molecule has 146 valence electrons. The van der Waals surface area contributed by atoms with E-state index in [0.29, 0.717) is 18.0 Å². The van der Waals surface area contributed by atoms with Crippen LogP contribution in [0, 0.1) is 5.92 Å². The molecule has 0 aliphatic carbocycles. The first-order valence-electron chi connectivity index (χ1n) is 9.21. The zero-order chi connectivity index (χ0) is 19.9. The summed E-state index contributed by atoms with van der Waals surface area (Å²) in [5.74, 6) is -0.431. The lowest BCUT2D eigenvalue weighted by atomic mass is 10.0. The number of carbonyl (C=O) groups is 2. The van der Waals surface area contributed by atoms with Gasteiger partial charge in [-0.1, -0.05) is 44.2 Å². The van der Waals surface area contributed by atoms with Gasteiger partial charge < -0.3 is 10.6 Å². The van der Waals surface area contributed by atoms with E-state index in [9.17, 15) is 9.59 Å². The summed E-state index contributed by atoms with van der Waals surface area (Å²) in [6.07, 6.45) is 3.65. The third kappa shape index (κ3) is 5.07. The van der Waals surface area contributed by atoms with Gasteiger partial charge in [-0.25, -0.2) is 0 Å². The smallest absolute Gasteiger partial charge is 0.262 e. The highest BCUT2D eigenvalue weighted by Gasteiger charge is 2.25. The summed E-state index contributed by atoms with van der Waals surface area (Å²) >= 11 is 1.36. The van der Waals surface area contributed by atoms with E-state index in [1.54, 1.807) is 12.3 Å². The maximum Gasteiger partial charge on any atom is 0.262 e. The molecule has 2 N–H and O–H groups in total. The quantitative estimate of drug-likeness (QED) is 0.614. The van der Waals surface area contributed by atoms with Gasteiger partial charge in [-0.2, -0.15) is 5.10 Å². The minimum absolute atomic E-state index is 0.0248. The summed E-state index contributed by atoms with van der Waals surface area (Å²) in [7, 11) is 0. The molecule has 3 aromatic rings. The summed E-state index contributed by atoms with van der Waals surface area (Å²) in [6.45, 7) is 4.88. The molecule has 2 heterocycles. The minimum Gasteiger partial charge on any atom is -0.350 e. The fraction of sp³-hybridized carbons (Fsp3) is 0.286. The van der Waals surface area contributed by atoms with E-state index < -0.39 is 6.04 Å². The molecule has 0 saturated carbocycles. The Hall–Kier alpha value is -2.93. The molecule has 2 aromatic heterocycles. The Morgan fingerprint density at radius 1 is 1.11 bits per heavy atom. The lowest BCUT2D eigenvalue weighted by molar-refractivity contribution is -0.124. The van der Waals surface area contributed by atoms with Crippen molar-refractivity contribution in [3.05, 3.63) is 76.2 Å². The summed E-state index contributed by atoms with van der Waals surface area (Å²) in [4.78, 5) is 25.7. The van der Waals surface area contributed by atoms with Crippen LogP contribution >= 0.6 is 11.3 Å². The standard InChI is InChI=1S/C21H24N4O2S/c1-15(2)19(24-20(26)18-9-5-12-28-18)21(27)22-13-16-7-3-4-8-17(16)14-25-11-6-10-23-25/h3-12,15,19H,13-14H2,1-2H3,(H,22,27)(H,24,26)/t19-/m1/s1. The van der Waals surface area contributed by atoms with Crippen LogP contribution in [-0.4, -0.2) is 27.6 Å². The first-order chi connectivity index (χ1) is 13.5. The molecule has 0 aliphatic heterocycles. The number of nitrogens with zero attached hydrogens (tertiary/aromatic N) is 2. The normalized spacial score (nSPS) is 12.0. The Labute approximate surface area is 168 Å². The average molecular weight is 397 g/mol. The molecule has 6 nitrogen and oxygen atoms in total. The topological polar surface area (TPSA) is 76.0 Å². The Bertz CT molecular complexity index is 904. The van der Waals surface area contributed by atoms with E-state index in [1.165, 1.54) is 11.3 Å². The maximum absolute atomic E-state index is 12.8. The number of carbonyl (C=O) groups excluding carboxylic acids is 2. The van der Waals surface area contributed by atoms with Gasteiger partial charge in [0.25, 0.3) is 5.91 Å². The van der Waals surface area contributed by atoms with E-state index in [4.69, 9.17) is 0 Å². The molecule has 0 saturated heterocycles. The monoisotopic (exact) mass is 396 g/mol. The van der Waals surface area contributed by atoms with Gasteiger partial charge in [0.2, 0.25) is 5.91 Å². The van der Waals surface area contributed by atoms with Crippen molar-refractivity contribution >= 4 is 23.2 Å². The first-order valence-corrected chi connectivity index (χ1v) is 10.1. The van der Waals surface area contributed by atoms with Gasteiger partial charge >= 0.3 is 0 Å². The third-order valence-electron chi connectivity index (χ3n) is 4.44. The fourth-order valence-electron chi connectivity index (χ4n) is 2.90. The molecule has 0 spiro atoms. The summed E-state index contributed by atoms with van der Waals surface area (Å²) in [5, 5.41) is 11.9. The van der Waals surface area contributed by atoms with Crippen molar-refractivity contribution in [3.63, 3.8) is 0 Å². The van der Waals surface area contributed by atoms with E-state index in [1.807, 2.05) is 66.5 Å². The number of benzene rings is 1. The molecule has 28 heavy (non-hydrogen) atoms. The molecule has 0 fully saturated rings. The van der Waals surface area contributed by atoms with Crippen LogP contribution in [0.25, 0.3) is 0 Å². The highest BCUT2D eigenvalue weighted by Crippen LogP contribution is 2.12. The molecular weight excluding hydrogens is 372 g/mol. The van der Waals surface area contributed by atoms with Gasteiger partial charge in [-0.05, 0) is 34.6 Å². The summed E-state index contributed by atoms with van der Waals surface area (Å²) in [5.41, 5.74) is 2.12. The van der Waals surface area contributed by atoms with Crippen LogP contribution in [0.4, 0.5) is 0 Å². The number of nitrogens with one attached hydrogen (secondary N) is 2. The number of hydrogen-bond donors (Lipinski definition) is 2. The molecule has 3 rings (SSSR count). The Morgan fingerprint density at radius 3 is 2.54 bits per heavy atom. The van der Waals surface area contributed by atoms with Crippen LogP contribution in [0.15, 0.2) is 60.2 Å². The van der Waals surface area contributed by atoms with Crippen molar-refractivity contribution in [1.29, 1.82) is 0 Å². The van der Waals surface area contributed by atoms with Gasteiger partial charge in [0.1, 0.15) is 6.04 Å². The van der Waals surface area contributed by atoms with Crippen LogP contribution in [0.2, 0.25) is 0 Å². The van der Waals surface area contributed by atoms with Gasteiger partial charge in [-0.15, -0.1) is 11.3 Å². The molecule has 0 unspecified atom stereocenters. The van der Waals surface area contributed by atoms with Crippen LogP contribution in [0.5, 0.6) is 0 Å². The second-order valence-electron chi connectivity index (χ2n) is 6.86. The Balaban J connectivity index is 1.64. The van der Waals surface area contributed by atoms with Crippen LogP contribution in [0.3, 0.4) is 0 Å². The van der Waals surface area contributed by atoms with Gasteiger partial charge in [0.05, 0.1) is 11.4 Å². The zero-order valence-corrected chi connectivity index (χ0v) is 16.8. The lowest BCUT2D eigenvalue weighted by Gasteiger charge is -2.22. The van der Waals surface area contributed by atoms with Crippen molar-refractivity contribution in [2.45, 2.75) is 33.0 Å². The highest BCUT2D eigenvalue weighted by molar-refractivity contribution is 7.12. The molecule has 1 aromatic carbocycles. The number of rotatable bonds is 8. The molecule has 0 radical (unpaired) electrons. The number of hydrogen-bond acceptors (Lipinski definition) is 4. The number of aromatic nitrogens is 2. The summed E-state index contributed by atoms with van der Waals surface area (Å²) < 4.78 is 1.85. The second kappa shape index (κ2) is 9.32. The van der Waals surface area contributed by atoms with Gasteiger partial charge in [0, 0.05) is 18.9 Å². The van der Waals surface area contributed by atoms with Crippen molar-refractivity contribution < 1.29 is 9.59 Å². The number of thiophene rings is 1. The molecule has 2 amide bonds. The Morgan fingerprint density at radius 2 is 1.89 bits per heavy atom. The third-order valence-corrected chi connectivity index (χ3v) is 5.31. The first kappa shape index (κ1) is 19.8.